The van der Waals surface area contributed by atoms with Gasteiger partial charge >= 0.3 is 6.09 Å². The number of aromatic nitrogens is 1. The molecule has 1 heterocycles. The van der Waals surface area contributed by atoms with E-state index in [9.17, 15) is 14.3 Å². The van der Waals surface area contributed by atoms with E-state index in [1.165, 1.54) is 12.1 Å². The van der Waals surface area contributed by atoms with Crippen LogP contribution in [0.1, 0.15) is 0 Å². The van der Waals surface area contributed by atoms with Gasteiger partial charge in [0.1, 0.15) is 5.52 Å². The number of amides is 1. The van der Waals surface area contributed by atoms with Crippen LogP contribution in [0.2, 0.25) is 5.02 Å². The van der Waals surface area contributed by atoms with Gasteiger partial charge in [-0.25, -0.2) is 19.6 Å². The molecule has 0 fully saturated rings. The quantitative estimate of drug-likeness (QED) is 0.387. The van der Waals surface area contributed by atoms with Crippen molar-refractivity contribution in [2.75, 3.05) is 5.43 Å². The molecule has 0 unspecified atom stereocenters. The van der Waals surface area contributed by atoms with Crippen LogP contribution in [-0.4, -0.2) is 16.2 Å². The summed E-state index contributed by atoms with van der Waals surface area (Å²) in [4.78, 5) is 15.7. The van der Waals surface area contributed by atoms with Crippen LogP contribution >= 0.6 is 34.2 Å². The predicted octanol–water partition coefficient (Wildman–Crippen LogP) is 4.45. The summed E-state index contributed by atoms with van der Waals surface area (Å²) >= 11 is 7.68. The van der Waals surface area contributed by atoms with Gasteiger partial charge in [-0.3, -0.25) is 5.43 Å². The first-order chi connectivity index (χ1) is 11.9. The molecule has 0 saturated heterocycles. The van der Waals surface area contributed by atoms with Crippen LogP contribution in [0.15, 0.2) is 42.6 Å². The number of carbonyl (C=O) groups is 1. The Kier molecular flexibility index (Phi) is 5.09. The molecule has 0 radical (unpaired) electrons. The highest BCUT2D eigenvalue weighted by molar-refractivity contribution is 14.1. The van der Waals surface area contributed by atoms with Gasteiger partial charge in [0, 0.05) is 8.59 Å². The number of benzene rings is 2. The van der Waals surface area contributed by atoms with Crippen LogP contribution < -0.4 is 15.6 Å². The summed E-state index contributed by atoms with van der Waals surface area (Å²) in [5, 5.41) is 10.9. The average molecular weight is 474 g/mol. The van der Waals surface area contributed by atoms with Crippen molar-refractivity contribution in [2.24, 2.45) is 0 Å². The van der Waals surface area contributed by atoms with E-state index in [0.29, 0.717) is 14.3 Å². The van der Waals surface area contributed by atoms with Crippen molar-refractivity contribution < 1.29 is 19.0 Å². The summed E-state index contributed by atoms with van der Waals surface area (Å²) in [5.74, 6) is -1.13. The zero-order valence-electron chi connectivity index (χ0n) is 12.4. The smallest absolute Gasteiger partial charge is 0.431 e. The van der Waals surface area contributed by atoms with Gasteiger partial charge in [-0.15, -0.1) is 0 Å². The lowest BCUT2D eigenvalue weighted by atomic mass is 10.2. The Hall–Kier alpha value is -2.33. The van der Waals surface area contributed by atoms with E-state index in [4.69, 9.17) is 16.3 Å². The maximum absolute atomic E-state index is 13.8. The fourth-order valence-corrected chi connectivity index (χ4v) is 2.76. The monoisotopic (exact) mass is 473 g/mol. The van der Waals surface area contributed by atoms with Gasteiger partial charge in [-0.05, 0) is 59.0 Å². The van der Waals surface area contributed by atoms with Crippen LogP contribution in [0.5, 0.6) is 11.5 Å². The molecule has 6 nitrogen and oxygen atoms in total. The van der Waals surface area contributed by atoms with E-state index in [2.05, 4.69) is 15.8 Å². The van der Waals surface area contributed by atoms with Crippen LogP contribution in [-0.2, 0) is 0 Å². The number of hydrazine groups is 1. The number of halogens is 3. The minimum absolute atomic E-state index is 0.00929. The molecule has 0 aliphatic carbocycles. The third kappa shape index (κ3) is 4.02. The number of hydrogen-bond acceptors (Lipinski definition) is 5. The SMILES string of the molecule is O=C(NNc1ccc(Cl)cc1)Oc1cnc2c(F)cc(I)cc2c1O. The highest BCUT2D eigenvalue weighted by Gasteiger charge is 2.15. The van der Waals surface area contributed by atoms with Crippen molar-refractivity contribution in [3.8, 4) is 11.5 Å². The van der Waals surface area contributed by atoms with Gasteiger partial charge in [-0.1, -0.05) is 11.6 Å². The van der Waals surface area contributed by atoms with Crippen LogP contribution in [0, 0.1) is 9.39 Å². The molecule has 1 amide bonds. The molecule has 0 spiro atoms. The number of rotatable bonds is 3. The predicted molar refractivity (Wildman–Crippen MR) is 100 cm³/mol. The van der Waals surface area contributed by atoms with Crippen molar-refractivity contribution in [2.45, 2.75) is 0 Å². The molecule has 128 valence electrons. The van der Waals surface area contributed by atoms with Crippen molar-refractivity contribution in [3.05, 3.63) is 57.0 Å². The number of carbonyl (C=O) groups excluding carboxylic acids is 1. The standard InChI is InChI=1S/C16H10ClFIN3O3/c17-8-1-3-10(4-2-8)21-22-16(24)25-13-7-20-14-11(15(13)23)5-9(19)6-12(14)18/h1-7,21H,(H,20,23)(H,22,24). The number of fused-ring (bicyclic) bond motifs is 1. The van der Waals surface area contributed by atoms with E-state index in [-0.39, 0.29) is 22.4 Å². The summed E-state index contributed by atoms with van der Waals surface area (Å²) in [6.45, 7) is 0. The second kappa shape index (κ2) is 7.28. The Labute approximate surface area is 160 Å². The molecule has 0 aliphatic rings. The van der Waals surface area contributed by atoms with Gasteiger partial charge < -0.3 is 9.84 Å². The van der Waals surface area contributed by atoms with Crippen molar-refractivity contribution >= 4 is 56.9 Å². The molecular weight excluding hydrogens is 464 g/mol. The van der Waals surface area contributed by atoms with Gasteiger partial charge in [-0.2, -0.15) is 0 Å². The Morgan fingerprint density at radius 1 is 1.28 bits per heavy atom. The minimum Gasteiger partial charge on any atom is -0.504 e. The Bertz CT molecular complexity index is 954. The van der Waals surface area contributed by atoms with E-state index in [1.54, 1.807) is 24.3 Å². The van der Waals surface area contributed by atoms with Crippen molar-refractivity contribution in [1.29, 1.82) is 0 Å². The molecule has 3 rings (SSSR count). The number of aromatic hydroxyl groups is 1. The molecule has 25 heavy (non-hydrogen) atoms. The highest BCUT2D eigenvalue weighted by atomic mass is 127. The molecule has 3 N–H and O–H groups in total. The molecule has 0 bridgehead atoms. The van der Waals surface area contributed by atoms with Crippen LogP contribution in [0.3, 0.4) is 0 Å². The van der Waals surface area contributed by atoms with Gasteiger partial charge in [0.2, 0.25) is 0 Å². The lowest BCUT2D eigenvalue weighted by Crippen LogP contribution is -2.32. The third-order valence-electron chi connectivity index (χ3n) is 3.18. The van der Waals surface area contributed by atoms with E-state index in [1.807, 2.05) is 22.6 Å². The van der Waals surface area contributed by atoms with Crippen LogP contribution in [0.4, 0.5) is 14.9 Å². The molecule has 0 saturated carbocycles. The molecule has 0 aliphatic heterocycles. The first kappa shape index (κ1) is 17.5. The number of nitrogens with zero attached hydrogens (tertiary/aromatic N) is 1. The van der Waals surface area contributed by atoms with Crippen molar-refractivity contribution in [1.82, 2.24) is 10.4 Å². The molecule has 3 aromatic rings. The normalized spacial score (nSPS) is 10.5. The first-order valence-electron chi connectivity index (χ1n) is 6.90. The summed E-state index contributed by atoms with van der Waals surface area (Å²) in [6.07, 6.45) is 0.202. The molecular formula is C16H10ClFIN3O3. The third-order valence-corrected chi connectivity index (χ3v) is 4.06. The number of nitrogens with one attached hydrogen (secondary N) is 2. The van der Waals surface area contributed by atoms with Crippen LogP contribution in [0.25, 0.3) is 10.9 Å². The second-order valence-electron chi connectivity index (χ2n) is 4.90. The summed E-state index contributed by atoms with van der Waals surface area (Å²) in [5.41, 5.74) is 5.49. The lowest BCUT2D eigenvalue weighted by Gasteiger charge is -2.11. The average Bonchev–Trinajstić information content (AvgIpc) is 2.57. The zero-order valence-corrected chi connectivity index (χ0v) is 15.3. The fraction of sp³-hybridized carbons (Fsp3) is 0. The van der Waals surface area contributed by atoms with Crippen molar-refractivity contribution in [3.63, 3.8) is 0 Å². The Morgan fingerprint density at radius 2 is 2.00 bits per heavy atom. The Morgan fingerprint density at radius 3 is 2.72 bits per heavy atom. The number of ether oxygens (including phenoxy) is 1. The van der Waals surface area contributed by atoms with Gasteiger partial charge in [0.05, 0.1) is 17.3 Å². The molecule has 9 heteroatoms. The highest BCUT2D eigenvalue weighted by Crippen LogP contribution is 2.34. The topological polar surface area (TPSA) is 83.5 Å². The zero-order chi connectivity index (χ0) is 18.0. The van der Waals surface area contributed by atoms with E-state index >= 15 is 0 Å². The molecule has 0 atom stereocenters. The molecule has 2 aromatic carbocycles. The maximum Gasteiger partial charge on any atom is 0.431 e. The summed E-state index contributed by atoms with van der Waals surface area (Å²) < 4.78 is 19.4. The lowest BCUT2D eigenvalue weighted by molar-refractivity contribution is 0.201. The first-order valence-corrected chi connectivity index (χ1v) is 8.36. The summed E-state index contributed by atoms with van der Waals surface area (Å²) in [6, 6.07) is 9.43. The Balaban J connectivity index is 1.74. The van der Waals surface area contributed by atoms with Gasteiger partial charge in [0.15, 0.2) is 17.3 Å². The second-order valence-corrected chi connectivity index (χ2v) is 6.58. The summed E-state index contributed by atoms with van der Waals surface area (Å²) in [7, 11) is 0. The molecule has 1 aromatic heterocycles. The number of pyridine rings is 1. The number of hydrogen-bond donors (Lipinski definition) is 3. The fourth-order valence-electron chi connectivity index (χ4n) is 2.05. The largest absolute Gasteiger partial charge is 0.504 e. The minimum atomic E-state index is -0.877. The van der Waals surface area contributed by atoms with Gasteiger partial charge in [0.25, 0.3) is 0 Å². The van der Waals surface area contributed by atoms with E-state index in [0.717, 1.165) is 6.20 Å². The number of anilines is 1. The maximum atomic E-state index is 13.8. The van der Waals surface area contributed by atoms with E-state index < -0.39 is 11.9 Å².